The fourth-order valence-corrected chi connectivity index (χ4v) is 2.83. The van der Waals surface area contributed by atoms with Crippen molar-refractivity contribution in [2.75, 3.05) is 12.3 Å². The Hall–Kier alpha value is -0.470. The second-order valence-electron chi connectivity index (χ2n) is 4.86. The molecule has 1 atom stereocenters. The van der Waals surface area contributed by atoms with E-state index in [1.54, 1.807) is 0 Å². The molecule has 0 aromatic heterocycles. The Kier molecular flexibility index (Phi) is 8.19. The average molecular weight is 265 g/mol. The van der Waals surface area contributed by atoms with Gasteiger partial charge in [-0.3, -0.25) is 0 Å². The summed E-state index contributed by atoms with van der Waals surface area (Å²) in [6.45, 7) is 7.80. The molecule has 0 bridgehead atoms. The van der Waals surface area contributed by atoms with Gasteiger partial charge < -0.3 is 5.32 Å². The first-order valence-electron chi connectivity index (χ1n) is 7.19. The quantitative estimate of drug-likeness (QED) is 0.515. The van der Waals surface area contributed by atoms with Gasteiger partial charge in [-0.05, 0) is 57.0 Å². The SMILES string of the molecule is CCCNC(CC)CCCSc1ccc(C)cc1. The van der Waals surface area contributed by atoms with Crippen molar-refractivity contribution in [2.45, 2.75) is 57.4 Å². The molecule has 0 amide bonds. The fourth-order valence-electron chi connectivity index (χ4n) is 1.95. The van der Waals surface area contributed by atoms with E-state index in [2.05, 4.69) is 50.4 Å². The Morgan fingerprint density at radius 1 is 1.17 bits per heavy atom. The Morgan fingerprint density at radius 2 is 1.89 bits per heavy atom. The van der Waals surface area contributed by atoms with Gasteiger partial charge in [-0.2, -0.15) is 0 Å². The van der Waals surface area contributed by atoms with Crippen LogP contribution >= 0.6 is 11.8 Å². The first kappa shape index (κ1) is 15.6. The van der Waals surface area contributed by atoms with E-state index in [4.69, 9.17) is 0 Å². The van der Waals surface area contributed by atoms with E-state index < -0.39 is 0 Å². The summed E-state index contributed by atoms with van der Waals surface area (Å²) in [5.74, 6) is 1.23. The van der Waals surface area contributed by atoms with Crippen molar-refractivity contribution < 1.29 is 0 Å². The Bertz CT molecular complexity index is 307. The monoisotopic (exact) mass is 265 g/mol. The van der Waals surface area contributed by atoms with E-state index in [1.165, 1.54) is 41.9 Å². The second-order valence-corrected chi connectivity index (χ2v) is 6.03. The number of rotatable bonds is 9. The van der Waals surface area contributed by atoms with Gasteiger partial charge >= 0.3 is 0 Å². The molecule has 102 valence electrons. The highest BCUT2D eigenvalue weighted by Crippen LogP contribution is 2.20. The maximum atomic E-state index is 3.62. The summed E-state index contributed by atoms with van der Waals surface area (Å²) in [5.41, 5.74) is 1.34. The number of hydrogen-bond donors (Lipinski definition) is 1. The van der Waals surface area contributed by atoms with Gasteiger partial charge in [-0.25, -0.2) is 0 Å². The molecular formula is C16H27NS. The summed E-state index contributed by atoms with van der Waals surface area (Å²) in [4.78, 5) is 1.40. The van der Waals surface area contributed by atoms with Gasteiger partial charge in [0.05, 0.1) is 0 Å². The lowest BCUT2D eigenvalue weighted by atomic mass is 10.1. The van der Waals surface area contributed by atoms with Crippen LogP contribution in [0.3, 0.4) is 0 Å². The minimum Gasteiger partial charge on any atom is -0.314 e. The minimum absolute atomic E-state index is 0.712. The summed E-state index contributed by atoms with van der Waals surface area (Å²) in [7, 11) is 0. The molecule has 1 N–H and O–H groups in total. The Balaban J connectivity index is 2.15. The average Bonchev–Trinajstić information content (AvgIpc) is 2.40. The van der Waals surface area contributed by atoms with E-state index in [0.717, 1.165) is 6.54 Å². The molecule has 0 saturated carbocycles. The summed E-state index contributed by atoms with van der Waals surface area (Å²) in [6.07, 6.45) is 5.08. The highest BCUT2D eigenvalue weighted by molar-refractivity contribution is 7.99. The molecule has 1 nitrogen and oxygen atoms in total. The van der Waals surface area contributed by atoms with E-state index in [-0.39, 0.29) is 0 Å². The molecule has 0 spiro atoms. The predicted octanol–water partition coefficient (Wildman–Crippen LogP) is 4.65. The predicted molar refractivity (Wildman–Crippen MR) is 83.5 cm³/mol. The molecule has 2 heteroatoms. The summed E-state index contributed by atoms with van der Waals surface area (Å²) < 4.78 is 0. The van der Waals surface area contributed by atoms with E-state index in [1.807, 2.05) is 11.8 Å². The maximum absolute atomic E-state index is 3.62. The van der Waals surface area contributed by atoms with Crippen molar-refractivity contribution in [3.8, 4) is 0 Å². The molecule has 1 aromatic carbocycles. The van der Waals surface area contributed by atoms with Crippen LogP contribution in [0.4, 0.5) is 0 Å². The first-order chi connectivity index (χ1) is 8.76. The second kappa shape index (κ2) is 9.46. The summed E-state index contributed by atoms with van der Waals surface area (Å²) >= 11 is 1.98. The number of nitrogens with one attached hydrogen (secondary N) is 1. The van der Waals surface area contributed by atoms with Crippen molar-refractivity contribution in [3.63, 3.8) is 0 Å². The van der Waals surface area contributed by atoms with Crippen LogP contribution in [0, 0.1) is 6.92 Å². The zero-order valence-electron chi connectivity index (χ0n) is 12.0. The topological polar surface area (TPSA) is 12.0 Å². The molecule has 1 unspecified atom stereocenters. The van der Waals surface area contributed by atoms with Crippen LogP contribution in [0.2, 0.25) is 0 Å². The third kappa shape index (κ3) is 6.46. The third-order valence-corrected chi connectivity index (χ3v) is 4.26. The van der Waals surface area contributed by atoms with Gasteiger partial charge in [0.25, 0.3) is 0 Å². The zero-order chi connectivity index (χ0) is 13.2. The van der Waals surface area contributed by atoms with Crippen LogP contribution in [-0.2, 0) is 0 Å². The van der Waals surface area contributed by atoms with Crippen molar-refractivity contribution >= 4 is 11.8 Å². The molecule has 0 saturated heterocycles. The van der Waals surface area contributed by atoms with E-state index in [9.17, 15) is 0 Å². The van der Waals surface area contributed by atoms with Gasteiger partial charge in [-0.1, -0.05) is 31.5 Å². The number of hydrogen-bond acceptors (Lipinski definition) is 2. The largest absolute Gasteiger partial charge is 0.314 e. The highest BCUT2D eigenvalue weighted by atomic mass is 32.2. The van der Waals surface area contributed by atoms with Crippen molar-refractivity contribution in [1.29, 1.82) is 0 Å². The van der Waals surface area contributed by atoms with Crippen LogP contribution in [0.1, 0.15) is 45.1 Å². The first-order valence-corrected chi connectivity index (χ1v) is 8.17. The lowest BCUT2D eigenvalue weighted by Crippen LogP contribution is -2.29. The molecular weight excluding hydrogens is 238 g/mol. The van der Waals surface area contributed by atoms with Gasteiger partial charge in [0.15, 0.2) is 0 Å². The third-order valence-electron chi connectivity index (χ3n) is 3.16. The molecule has 0 heterocycles. The fraction of sp³-hybridized carbons (Fsp3) is 0.625. The van der Waals surface area contributed by atoms with Gasteiger partial charge in [0, 0.05) is 10.9 Å². The van der Waals surface area contributed by atoms with E-state index in [0.29, 0.717) is 6.04 Å². The summed E-state index contributed by atoms with van der Waals surface area (Å²) in [6, 6.07) is 9.56. The van der Waals surface area contributed by atoms with Crippen LogP contribution in [0.15, 0.2) is 29.2 Å². The normalized spacial score (nSPS) is 12.6. The summed E-state index contributed by atoms with van der Waals surface area (Å²) in [5, 5.41) is 3.62. The standard InChI is InChI=1S/C16H27NS/c1-4-12-17-15(5-2)7-6-13-18-16-10-8-14(3)9-11-16/h8-11,15,17H,4-7,12-13H2,1-3H3. The van der Waals surface area contributed by atoms with Crippen LogP contribution < -0.4 is 5.32 Å². The number of thioether (sulfide) groups is 1. The lowest BCUT2D eigenvalue weighted by Gasteiger charge is -2.16. The van der Waals surface area contributed by atoms with Crippen molar-refractivity contribution in [3.05, 3.63) is 29.8 Å². The van der Waals surface area contributed by atoms with Crippen molar-refractivity contribution in [1.82, 2.24) is 5.32 Å². The molecule has 18 heavy (non-hydrogen) atoms. The molecule has 1 rings (SSSR count). The molecule has 0 fully saturated rings. The van der Waals surface area contributed by atoms with Crippen molar-refractivity contribution in [2.24, 2.45) is 0 Å². The highest BCUT2D eigenvalue weighted by Gasteiger charge is 2.04. The Morgan fingerprint density at radius 3 is 2.50 bits per heavy atom. The molecule has 0 radical (unpaired) electrons. The zero-order valence-corrected chi connectivity index (χ0v) is 12.9. The molecule has 0 aliphatic carbocycles. The van der Waals surface area contributed by atoms with Crippen LogP contribution in [0.5, 0.6) is 0 Å². The minimum atomic E-state index is 0.712. The van der Waals surface area contributed by atoms with E-state index >= 15 is 0 Å². The Labute approximate surface area is 117 Å². The van der Waals surface area contributed by atoms with Crippen LogP contribution in [-0.4, -0.2) is 18.3 Å². The number of aryl methyl sites for hydroxylation is 1. The number of benzene rings is 1. The van der Waals surface area contributed by atoms with Gasteiger partial charge in [-0.15, -0.1) is 11.8 Å². The van der Waals surface area contributed by atoms with Crippen LogP contribution in [0.25, 0.3) is 0 Å². The lowest BCUT2D eigenvalue weighted by molar-refractivity contribution is 0.465. The maximum Gasteiger partial charge on any atom is 0.00721 e. The molecule has 0 aliphatic heterocycles. The molecule has 1 aromatic rings. The smallest absolute Gasteiger partial charge is 0.00721 e. The van der Waals surface area contributed by atoms with Gasteiger partial charge in [0.1, 0.15) is 0 Å². The molecule has 0 aliphatic rings. The van der Waals surface area contributed by atoms with Gasteiger partial charge in [0.2, 0.25) is 0 Å².